The third kappa shape index (κ3) is 3.58. The van der Waals surface area contributed by atoms with Crippen LogP contribution in [0.15, 0.2) is 48.8 Å². The molecule has 3 aromatic rings. The van der Waals surface area contributed by atoms with E-state index < -0.39 is 5.82 Å². The molecule has 0 bridgehead atoms. The molecular weight excluding hydrogens is 345 g/mol. The number of fused-ring (bicyclic) bond motifs is 1. The molecule has 0 N–H and O–H groups in total. The zero-order chi connectivity index (χ0) is 18.8. The van der Waals surface area contributed by atoms with Crippen LogP contribution in [0.2, 0.25) is 0 Å². The molecule has 1 atom stereocenters. The minimum atomic E-state index is -0.516. The first-order valence-corrected chi connectivity index (χ1v) is 8.98. The molecule has 1 aromatic carbocycles. The van der Waals surface area contributed by atoms with E-state index >= 15 is 0 Å². The van der Waals surface area contributed by atoms with Crippen LogP contribution < -0.4 is 0 Å². The van der Waals surface area contributed by atoms with Crippen LogP contribution in [0.5, 0.6) is 0 Å². The summed E-state index contributed by atoms with van der Waals surface area (Å²) in [6.45, 7) is 2.93. The van der Waals surface area contributed by atoms with E-state index in [1.54, 1.807) is 4.90 Å². The first kappa shape index (κ1) is 17.3. The van der Waals surface area contributed by atoms with Gasteiger partial charge < -0.3 is 9.47 Å². The molecule has 1 amide bonds. The van der Waals surface area contributed by atoms with Gasteiger partial charge in [0.2, 0.25) is 0 Å². The van der Waals surface area contributed by atoms with Crippen molar-refractivity contribution in [2.45, 2.75) is 32.4 Å². The number of aromatic nitrogens is 4. The Kier molecular flexibility index (Phi) is 4.66. The van der Waals surface area contributed by atoms with Gasteiger partial charge in [-0.25, -0.2) is 4.39 Å². The van der Waals surface area contributed by atoms with Crippen molar-refractivity contribution in [3.05, 3.63) is 77.4 Å². The summed E-state index contributed by atoms with van der Waals surface area (Å²) in [6, 6.07) is 11.5. The maximum absolute atomic E-state index is 13.4. The lowest BCUT2D eigenvalue weighted by atomic mass is 10.1. The quantitative estimate of drug-likeness (QED) is 0.713. The molecule has 1 aliphatic rings. The summed E-state index contributed by atoms with van der Waals surface area (Å²) in [6.07, 6.45) is 4.17. The first-order valence-electron chi connectivity index (χ1n) is 8.98. The van der Waals surface area contributed by atoms with E-state index in [-0.39, 0.29) is 17.5 Å². The zero-order valence-electron chi connectivity index (χ0n) is 15.0. The molecule has 6 nitrogen and oxygen atoms in total. The SMILES string of the molecule is C[C@H]1CN(C(=O)c2cncc(F)c2)Cc2nnc(CCc3ccccc3)n21. The van der Waals surface area contributed by atoms with Crippen molar-refractivity contribution < 1.29 is 9.18 Å². The molecule has 138 valence electrons. The third-order valence-corrected chi connectivity index (χ3v) is 4.81. The van der Waals surface area contributed by atoms with Gasteiger partial charge in [-0.3, -0.25) is 9.78 Å². The minimum Gasteiger partial charge on any atom is -0.329 e. The minimum absolute atomic E-state index is 0.0555. The molecular formula is C20H20FN5O. The van der Waals surface area contributed by atoms with Gasteiger partial charge in [0.05, 0.1) is 24.3 Å². The van der Waals surface area contributed by atoms with Gasteiger partial charge in [-0.1, -0.05) is 30.3 Å². The second-order valence-corrected chi connectivity index (χ2v) is 6.81. The Hall–Kier alpha value is -3.09. The number of pyridine rings is 1. The number of carbonyl (C=O) groups excluding carboxylic acids is 1. The predicted molar refractivity (Wildman–Crippen MR) is 97.5 cm³/mol. The molecule has 0 saturated carbocycles. The van der Waals surface area contributed by atoms with Gasteiger partial charge in [0.1, 0.15) is 11.6 Å². The fourth-order valence-electron chi connectivity index (χ4n) is 3.55. The Morgan fingerprint density at radius 3 is 2.78 bits per heavy atom. The van der Waals surface area contributed by atoms with E-state index in [1.807, 2.05) is 25.1 Å². The number of hydrogen-bond acceptors (Lipinski definition) is 4. The van der Waals surface area contributed by atoms with E-state index in [1.165, 1.54) is 17.8 Å². The highest BCUT2D eigenvalue weighted by Crippen LogP contribution is 2.23. The second kappa shape index (κ2) is 7.26. The summed E-state index contributed by atoms with van der Waals surface area (Å²) < 4.78 is 15.5. The van der Waals surface area contributed by atoms with E-state index in [0.717, 1.165) is 30.7 Å². The van der Waals surface area contributed by atoms with Crippen LogP contribution in [-0.2, 0) is 19.4 Å². The molecule has 27 heavy (non-hydrogen) atoms. The van der Waals surface area contributed by atoms with E-state index in [2.05, 4.69) is 31.9 Å². The topological polar surface area (TPSA) is 63.9 Å². The maximum atomic E-state index is 13.4. The number of amides is 1. The Balaban J connectivity index is 1.50. The van der Waals surface area contributed by atoms with Crippen LogP contribution in [0.4, 0.5) is 4.39 Å². The molecule has 0 fully saturated rings. The van der Waals surface area contributed by atoms with Gasteiger partial charge in [-0.05, 0) is 25.0 Å². The maximum Gasteiger partial charge on any atom is 0.256 e. The lowest BCUT2D eigenvalue weighted by molar-refractivity contribution is 0.0678. The zero-order valence-corrected chi connectivity index (χ0v) is 15.0. The van der Waals surface area contributed by atoms with Crippen LogP contribution in [0.1, 0.15) is 40.5 Å². The molecule has 0 unspecified atom stereocenters. The third-order valence-electron chi connectivity index (χ3n) is 4.81. The average molecular weight is 365 g/mol. The Morgan fingerprint density at radius 2 is 2.00 bits per heavy atom. The van der Waals surface area contributed by atoms with Crippen LogP contribution in [0.25, 0.3) is 0 Å². The first-order chi connectivity index (χ1) is 13.1. The standard InChI is InChI=1S/C20H20FN5O/c1-14-12-25(20(27)16-9-17(21)11-22-10-16)13-19-24-23-18(26(14)19)8-7-15-5-3-2-4-6-15/h2-6,9-11,14H,7-8,12-13H2,1H3/t14-/m0/s1. The van der Waals surface area contributed by atoms with Crippen molar-refractivity contribution in [3.63, 3.8) is 0 Å². The largest absolute Gasteiger partial charge is 0.329 e. The summed E-state index contributed by atoms with van der Waals surface area (Å²) in [5.41, 5.74) is 1.51. The van der Waals surface area contributed by atoms with Crippen LogP contribution in [-0.4, -0.2) is 37.1 Å². The molecule has 0 radical (unpaired) electrons. The summed E-state index contributed by atoms with van der Waals surface area (Å²) in [5, 5.41) is 8.64. The van der Waals surface area contributed by atoms with Crippen molar-refractivity contribution in [3.8, 4) is 0 Å². The molecule has 1 aliphatic heterocycles. The van der Waals surface area contributed by atoms with Crippen LogP contribution >= 0.6 is 0 Å². The van der Waals surface area contributed by atoms with Crippen LogP contribution in [0, 0.1) is 5.82 Å². The number of carbonyl (C=O) groups is 1. The Labute approximate surface area is 156 Å². The molecule has 0 aliphatic carbocycles. The molecule has 7 heteroatoms. The Bertz CT molecular complexity index is 956. The summed E-state index contributed by atoms with van der Waals surface area (Å²) in [4.78, 5) is 18.1. The van der Waals surface area contributed by atoms with E-state index in [4.69, 9.17) is 0 Å². The molecule has 0 spiro atoms. The van der Waals surface area contributed by atoms with E-state index in [9.17, 15) is 9.18 Å². The monoisotopic (exact) mass is 365 g/mol. The van der Waals surface area contributed by atoms with Crippen molar-refractivity contribution in [1.29, 1.82) is 0 Å². The lowest BCUT2D eigenvalue weighted by Crippen LogP contribution is -2.40. The summed E-state index contributed by atoms with van der Waals surface area (Å²) in [7, 11) is 0. The van der Waals surface area contributed by atoms with E-state index in [0.29, 0.717) is 13.1 Å². The fraction of sp³-hybridized carbons (Fsp3) is 0.300. The smallest absolute Gasteiger partial charge is 0.256 e. The van der Waals surface area contributed by atoms with Gasteiger partial charge in [0.15, 0.2) is 5.82 Å². The van der Waals surface area contributed by atoms with Gasteiger partial charge in [0, 0.05) is 19.2 Å². The fourth-order valence-corrected chi connectivity index (χ4v) is 3.55. The molecule has 2 aromatic heterocycles. The average Bonchev–Trinajstić information content (AvgIpc) is 3.10. The number of nitrogens with zero attached hydrogens (tertiary/aromatic N) is 5. The summed E-state index contributed by atoms with van der Waals surface area (Å²) in [5.74, 6) is 0.932. The lowest BCUT2D eigenvalue weighted by Gasteiger charge is -2.32. The van der Waals surface area contributed by atoms with Gasteiger partial charge in [0.25, 0.3) is 5.91 Å². The molecule has 0 saturated heterocycles. The van der Waals surface area contributed by atoms with Crippen molar-refractivity contribution >= 4 is 5.91 Å². The van der Waals surface area contributed by atoms with Crippen molar-refractivity contribution in [1.82, 2.24) is 24.6 Å². The van der Waals surface area contributed by atoms with Gasteiger partial charge in [-0.15, -0.1) is 10.2 Å². The van der Waals surface area contributed by atoms with Gasteiger partial charge >= 0.3 is 0 Å². The number of halogens is 1. The highest BCUT2D eigenvalue weighted by Gasteiger charge is 2.29. The Morgan fingerprint density at radius 1 is 1.19 bits per heavy atom. The van der Waals surface area contributed by atoms with Gasteiger partial charge in [-0.2, -0.15) is 0 Å². The molecule has 3 heterocycles. The number of benzene rings is 1. The van der Waals surface area contributed by atoms with Crippen molar-refractivity contribution in [2.75, 3.05) is 6.54 Å². The highest BCUT2D eigenvalue weighted by atomic mass is 19.1. The van der Waals surface area contributed by atoms with Crippen molar-refractivity contribution in [2.24, 2.45) is 0 Å². The predicted octanol–water partition coefficient (Wildman–Crippen LogP) is 2.81. The molecule has 4 rings (SSSR count). The normalized spacial score (nSPS) is 16.2. The highest BCUT2D eigenvalue weighted by molar-refractivity contribution is 5.93. The number of hydrogen-bond donors (Lipinski definition) is 0. The van der Waals surface area contributed by atoms with Crippen LogP contribution in [0.3, 0.4) is 0 Å². The second-order valence-electron chi connectivity index (χ2n) is 6.81. The number of rotatable bonds is 4. The summed E-state index contributed by atoms with van der Waals surface area (Å²) >= 11 is 0. The number of aryl methyl sites for hydroxylation is 2.